The number of sulfonamides is 1. The smallest absolute Gasteiger partial charge is 0.269 e. The van der Waals surface area contributed by atoms with Crippen molar-refractivity contribution < 1.29 is 22.3 Å². The second-order valence-corrected chi connectivity index (χ2v) is 9.50. The van der Waals surface area contributed by atoms with Crippen molar-refractivity contribution in [3.8, 4) is 17.1 Å². The van der Waals surface area contributed by atoms with E-state index < -0.39 is 27.3 Å². The van der Waals surface area contributed by atoms with Gasteiger partial charge >= 0.3 is 0 Å². The van der Waals surface area contributed by atoms with Gasteiger partial charge < -0.3 is 9.30 Å². The third-order valence-electron chi connectivity index (χ3n) is 4.82. The van der Waals surface area contributed by atoms with Gasteiger partial charge in [0.25, 0.3) is 15.9 Å². The maximum atomic E-state index is 14.5. The molecule has 0 aliphatic carbocycles. The van der Waals surface area contributed by atoms with E-state index in [9.17, 15) is 17.6 Å². The van der Waals surface area contributed by atoms with E-state index in [4.69, 9.17) is 16.3 Å². The summed E-state index contributed by atoms with van der Waals surface area (Å²) in [6, 6.07) is 14.6. The number of carbonyl (C=O) groups excluding carboxylic acids is 1. The molecule has 4 rings (SSSR count). The Bertz CT molecular complexity index is 1460. The quantitative estimate of drug-likeness (QED) is 0.347. The van der Waals surface area contributed by atoms with Gasteiger partial charge in [0.15, 0.2) is 5.82 Å². The standard InChI is InChI=1S/C23H19ClFN5O4S/c1-30-12-20(27-14-30)16-9-18(22(25)19(24)10-16)23(31)28-29-35(32,33)17-7-8-21(26-11-17)34-13-15-5-3-2-4-6-15/h2-12,14,29H,13H2,1H3,(H,28,31). The van der Waals surface area contributed by atoms with E-state index in [1.165, 1.54) is 30.6 Å². The minimum absolute atomic E-state index is 0.222. The van der Waals surface area contributed by atoms with E-state index in [2.05, 4.69) is 9.97 Å². The zero-order valence-electron chi connectivity index (χ0n) is 18.3. The lowest BCUT2D eigenvalue weighted by molar-refractivity contribution is 0.0941. The molecule has 0 spiro atoms. The average Bonchev–Trinajstić information content (AvgIpc) is 3.30. The molecule has 0 saturated carbocycles. The molecule has 1 amide bonds. The fraction of sp³-hybridized carbons (Fsp3) is 0.0870. The van der Waals surface area contributed by atoms with Gasteiger partial charge in [-0.2, -0.15) is 0 Å². The monoisotopic (exact) mass is 515 g/mol. The van der Waals surface area contributed by atoms with Gasteiger partial charge in [-0.3, -0.25) is 10.2 Å². The molecule has 0 saturated heterocycles. The first-order valence-electron chi connectivity index (χ1n) is 10.2. The predicted octanol–water partition coefficient (Wildman–Crippen LogP) is 3.48. The molecular formula is C23H19ClFN5O4S. The largest absolute Gasteiger partial charge is 0.473 e. The lowest BCUT2D eigenvalue weighted by atomic mass is 10.1. The van der Waals surface area contributed by atoms with Gasteiger partial charge in [-0.1, -0.05) is 41.9 Å². The van der Waals surface area contributed by atoms with Crippen LogP contribution in [0, 0.1) is 5.82 Å². The van der Waals surface area contributed by atoms with Crippen LogP contribution in [0.4, 0.5) is 4.39 Å². The van der Waals surface area contributed by atoms with E-state index in [1.807, 2.05) is 40.6 Å². The third kappa shape index (κ3) is 5.83. The van der Waals surface area contributed by atoms with Gasteiger partial charge in [-0.15, -0.1) is 4.83 Å². The number of hydrogen-bond donors (Lipinski definition) is 2. The Hall–Kier alpha value is -3.80. The number of nitrogens with one attached hydrogen (secondary N) is 2. The van der Waals surface area contributed by atoms with Crippen molar-refractivity contribution in [1.29, 1.82) is 0 Å². The van der Waals surface area contributed by atoms with Crippen LogP contribution in [0.2, 0.25) is 5.02 Å². The van der Waals surface area contributed by atoms with E-state index in [1.54, 1.807) is 17.8 Å². The summed E-state index contributed by atoms with van der Waals surface area (Å²) >= 11 is 5.94. The molecule has 12 heteroatoms. The number of aryl methyl sites for hydroxylation is 1. The maximum absolute atomic E-state index is 14.5. The molecule has 0 fully saturated rings. The molecule has 0 unspecified atom stereocenters. The number of halogens is 2. The second kappa shape index (κ2) is 10.2. The maximum Gasteiger partial charge on any atom is 0.269 e. The van der Waals surface area contributed by atoms with Crippen molar-refractivity contribution in [3.63, 3.8) is 0 Å². The van der Waals surface area contributed by atoms with Crippen LogP contribution in [0.3, 0.4) is 0 Å². The summed E-state index contributed by atoms with van der Waals surface area (Å²) in [5, 5.41) is -0.309. The molecular weight excluding hydrogens is 497 g/mol. The van der Waals surface area contributed by atoms with Crippen molar-refractivity contribution >= 4 is 27.5 Å². The van der Waals surface area contributed by atoms with Crippen molar-refractivity contribution in [2.24, 2.45) is 7.05 Å². The van der Waals surface area contributed by atoms with Crippen LogP contribution in [-0.4, -0.2) is 28.9 Å². The molecule has 0 atom stereocenters. The Balaban J connectivity index is 1.43. The van der Waals surface area contributed by atoms with Crippen LogP contribution in [0.5, 0.6) is 5.88 Å². The highest BCUT2D eigenvalue weighted by atomic mass is 35.5. The molecule has 0 aliphatic rings. The number of ether oxygens (including phenoxy) is 1. The lowest BCUT2D eigenvalue weighted by Crippen LogP contribution is -2.41. The number of carbonyl (C=O) groups is 1. The van der Waals surface area contributed by atoms with Crippen LogP contribution in [0.15, 0.2) is 78.2 Å². The first-order valence-corrected chi connectivity index (χ1v) is 12.0. The second-order valence-electron chi connectivity index (χ2n) is 7.41. The van der Waals surface area contributed by atoms with Crippen molar-refractivity contribution in [2.75, 3.05) is 0 Å². The highest BCUT2D eigenvalue weighted by Gasteiger charge is 2.21. The van der Waals surface area contributed by atoms with E-state index in [0.717, 1.165) is 11.8 Å². The Morgan fingerprint density at radius 2 is 1.91 bits per heavy atom. The molecule has 35 heavy (non-hydrogen) atoms. The minimum Gasteiger partial charge on any atom is -0.473 e. The first kappa shape index (κ1) is 24.3. The number of pyridine rings is 1. The van der Waals surface area contributed by atoms with Crippen LogP contribution in [0.25, 0.3) is 11.3 Å². The SMILES string of the molecule is Cn1cnc(-c2cc(Cl)c(F)c(C(=O)NNS(=O)(=O)c3ccc(OCc4ccccc4)nc3)c2)c1. The van der Waals surface area contributed by atoms with Gasteiger partial charge in [0.05, 0.1) is 28.8 Å². The van der Waals surface area contributed by atoms with Crippen molar-refractivity contribution in [1.82, 2.24) is 24.8 Å². The molecule has 2 aromatic heterocycles. The van der Waals surface area contributed by atoms with Crippen LogP contribution in [0.1, 0.15) is 15.9 Å². The Labute approximate surface area is 205 Å². The number of hydrogen-bond acceptors (Lipinski definition) is 6. The summed E-state index contributed by atoms with van der Waals surface area (Å²) in [5.41, 5.74) is 3.31. The number of amides is 1. The fourth-order valence-corrected chi connectivity index (χ4v) is 4.05. The van der Waals surface area contributed by atoms with Crippen molar-refractivity contribution in [2.45, 2.75) is 11.5 Å². The highest BCUT2D eigenvalue weighted by Crippen LogP contribution is 2.27. The van der Waals surface area contributed by atoms with Crippen LogP contribution < -0.4 is 15.0 Å². The first-order chi connectivity index (χ1) is 16.7. The summed E-state index contributed by atoms with van der Waals surface area (Å²) in [4.78, 5) is 22.4. The topological polar surface area (TPSA) is 115 Å². The van der Waals surface area contributed by atoms with Gasteiger partial charge in [0.1, 0.15) is 11.5 Å². The summed E-state index contributed by atoms with van der Waals surface area (Å²) in [6.07, 6.45) is 4.27. The zero-order valence-corrected chi connectivity index (χ0v) is 19.8. The van der Waals surface area contributed by atoms with E-state index in [0.29, 0.717) is 11.3 Å². The number of benzene rings is 2. The summed E-state index contributed by atoms with van der Waals surface area (Å²) in [5.74, 6) is -1.81. The summed E-state index contributed by atoms with van der Waals surface area (Å²) < 4.78 is 46.8. The molecule has 9 nitrogen and oxygen atoms in total. The fourth-order valence-electron chi connectivity index (χ4n) is 3.05. The van der Waals surface area contributed by atoms with Crippen LogP contribution >= 0.6 is 11.6 Å². The Morgan fingerprint density at radius 1 is 1.14 bits per heavy atom. The number of hydrazine groups is 1. The summed E-state index contributed by atoms with van der Waals surface area (Å²) in [6.45, 7) is 0.264. The van der Waals surface area contributed by atoms with Crippen LogP contribution in [-0.2, 0) is 23.7 Å². The van der Waals surface area contributed by atoms with E-state index in [-0.39, 0.29) is 22.4 Å². The lowest BCUT2D eigenvalue weighted by Gasteiger charge is -2.11. The minimum atomic E-state index is -4.20. The zero-order chi connectivity index (χ0) is 25.0. The van der Waals surface area contributed by atoms with Gasteiger partial charge in [0.2, 0.25) is 5.88 Å². The van der Waals surface area contributed by atoms with Gasteiger partial charge in [-0.25, -0.2) is 22.8 Å². The molecule has 2 N–H and O–H groups in total. The number of aromatic nitrogens is 3. The molecule has 180 valence electrons. The normalized spacial score (nSPS) is 11.3. The number of rotatable bonds is 8. The van der Waals surface area contributed by atoms with E-state index >= 15 is 0 Å². The van der Waals surface area contributed by atoms with Gasteiger partial charge in [-0.05, 0) is 23.8 Å². The Kier molecular flexibility index (Phi) is 7.10. The Morgan fingerprint density at radius 3 is 2.57 bits per heavy atom. The molecule has 4 aromatic rings. The number of nitrogens with zero attached hydrogens (tertiary/aromatic N) is 3. The number of imidazole rings is 1. The predicted molar refractivity (Wildman–Crippen MR) is 126 cm³/mol. The molecule has 2 heterocycles. The molecule has 2 aromatic carbocycles. The summed E-state index contributed by atoms with van der Waals surface area (Å²) in [7, 11) is -2.45. The van der Waals surface area contributed by atoms with Gasteiger partial charge in [0, 0.05) is 24.9 Å². The molecule has 0 aliphatic heterocycles. The molecule has 0 bridgehead atoms. The molecule has 0 radical (unpaired) electrons. The average molecular weight is 516 g/mol. The third-order valence-corrected chi connectivity index (χ3v) is 6.33. The van der Waals surface area contributed by atoms with Crippen molar-refractivity contribution in [3.05, 3.63) is 95.3 Å². The highest BCUT2D eigenvalue weighted by molar-refractivity contribution is 7.89.